The van der Waals surface area contributed by atoms with E-state index in [0.717, 1.165) is 15.4 Å². The van der Waals surface area contributed by atoms with Gasteiger partial charge in [0.15, 0.2) is 0 Å². The van der Waals surface area contributed by atoms with Crippen molar-refractivity contribution in [3.8, 4) is 0 Å². The van der Waals surface area contributed by atoms with Gasteiger partial charge in [-0.1, -0.05) is 51.1 Å². The van der Waals surface area contributed by atoms with Gasteiger partial charge in [-0.15, -0.1) is 11.3 Å². The van der Waals surface area contributed by atoms with Gasteiger partial charge in [0, 0.05) is 10.9 Å². The van der Waals surface area contributed by atoms with Crippen molar-refractivity contribution in [1.29, 1.82) is 0 Å². The average Bonchev–Trinajstić information content (AvgIpc) is 2.63. The Balaban J connectivity index is 2.52. The molecule has 0 aliphatic rings. The van der Waals surface area contributed by atoms with Crippen LogP contribution >= 0.6 is 38.9 Å². The molecule has 0 saturated carbocycles. The molecule has 0 amide bonds. The van der Waals surface area contributed by atoms with Crippen LogP contribution in [0.25, 0.3) is 0 Å². The Morgan fingerprint density at radius 2 is 2.12 bits per heavy atom. The van der Waals surface area contributed by atoms with Gasteiger partial charge >= 0.3 is 0 Å². The molecule has 0 spiro atoms. The van der Waals surface area contributed by atoms with Crippen LogP contribution in [0.5, 0.6) is 0 Å². The molecule has 0 aromatic carbocycles. The van der Waals surface area contributed by atoms with E-state index in [4.69, 9.17) is 11.6 Å². The first-order chi connectivity index (χ1) is 8.19. The number of rotatable bonds is 8. The van der Waals surface area contributed by atoms with Crippen molar-refractivity contribution in [3.63, 3.8) is 0 Å². The van der Waals surface area contributed by atoms with Crippen LogP contribution in [-0.4, -0.2) is 6.54 Å². The highest BCUT2D eigenvalue weighted by atomic mass is 79.9. The van der Waals surface area contributed by atoms with Crippen LogP contribution in [-0.2, 0) is 0 Å². The first kappa shape index (κ1) is 15.5. The third kappa shape index (κ3) is 5.29. The highest BCUT2D eigenvalue weighted by Gasteiger charge is 2.14. The molecule has 0 aliphatic heterocycles. The first-order valence-corrected chi connectivity index (χ1v) is 8.35. The number of hydrogen-bond acceptors (Lipinski definition) is 2. The van der Waals surface area contributed by atoms with E-state index in [1.165, 1.54) is 37.0 Å². The Bertz CT molecular complexity index is 308. The summed E-state index contributed by atoms with van der Waals surface area (Å²) in [6.45, 7) is 5.41. The van der Waals surface area contributed by atoms with Gasteiger partial charge in [0.1, 0.15) is 0 Å². The van der Waals surface area contributed by atoms with Gasteiger partial charge in [-0.3, -0.25) is 0 Å². The van der Waals surface area contributed by atoms with Crippen molar-refractivity contribution >= 4 is 38.9 Å². The molecule has 1 nitrogen and oxygen atoms in total. The van der Waals surface area contributed by atoms with Crippen LogP contribution in [0.2, 0.25) is 5.02 Å². The van der Waals surface area contributed by atoms with Crippen LogP contribution in [0, 0.1) is 0 Å². The Labute approximate surface area is 122 Å². The number of thiophene rings is 1. The van der Waals surface area contributed by atoms with Gasteiger partial charge in [0.05, 0.1) is 8.81 Å². The lowest BCUT2D eigenvalue weighted by atomic mass is 10.1. The second-order valence-corrected chi connectivity index (χ2v) is 7.04. The monoisotopic (exact) mass is 337 g/mol. The van der Waals surface area contributed by atoms with Crippen molar-refractivity contribution in [1.82, 2.24) is 5.32 Å². The van der Waals surface area contributed by atoms with Gasteiger partial charge in [0.25, 0.3) is 0 Å². The zero-order chi connectivity index (χ0) is 12.7. The molecule has 0 aliphatic carbocycles. The minimum atomic E-state index is 0.464. The minimum absolute atomic E-state index is 0.464. The van der Waals surface area contributed by atoms with Crippen molar-refractivity contribution in [3.05, 3.63) is 19.8 Å². The number of hydrogen-bond donors (Lipinski definition) is 1. The Hall–Kier alpha value is 0.430. The molecular formula is C13H21BrClNS. The molecule has 17 heavy (non-hydrogen) atoms. The molecule has 1 unspecified atom stereocenters. The molecule has 1 aromatic heterocycles. The van der Waals surface area contributed by atoms with Crippen LogP contribution in [0.4, 0.5) is 0 Å². The van der Waals surface area contributed by atoms with Crippen molar-refractivity contribution in [2.24, 2.45) is 0 Å². The third-order valence-electron chi connectivity index (χ3n) is 2.80. The lowest BCUT2D eigenvalue weighted by molar-refractivity contribution is 0.488. The molecule has 0 fully saturated rings. The third-order valence-corrected chi connectivity index (χ3v) is 5.39. The molecule has 4 heteroatoms. The van der Waals surface area contributed by atoms with E-state index >= 15 is 0 Å². The van der Waals surface area contributed by atoms with E-state index in [9.17, 15) is 0 Å². The summed E-state index contributed by atoms with van der Waals surface area (Å²) in [7, 11) is 0. The number of unbranched alkanes of at least 4 members (excludes halogenated alkanes) is 3. The van der Waals surface area contributed by atoms with Gasteiger partial charge in [-0.2, -0.15) is 0 Å². The van der Waals surface area contributed by atoms with Crippen molar-refractivity contribution in [2.45, 2.75) is 52.0 Å². The van der Waals surface area contributed by atoms with Gasteiger partial charge < -0.3 is 5.32 Å². The maximum absolute atomic E-state index is 6.09. The molecular weight excluding hydrogens is 318 g/mol. The zero-order valence-corrected chi connectivity index (χ0v) is 13.7. The SMILES string of the molecule is CCCCCCC(NCC)c1cc(Cl)c(Br)s1. The number of halogens is 2. The normalized spacial score (nSPS) is 12.9. The second kappa shape index (κ2) is 8.52. The summed E-state index contributed by atoms with van der Waals surface area (Å²) in [6, 6.07) is 2.55. The van der Waals surface area contributed by atoms with Crippen molar-refractivity contribution < 1.29 is 0 Å². The smallest absolute Gasteiger partial charge is 0.0887 e. The molecule has 0 saturated heterocycles. The maximum atomic E-state index is 6.09. The number of nitrogens with one attached hydrogen (secondary N) is 1. The van der Waals surface area contributed by atoms with E-state index in [1.54, 1.807) is 11.3 Å². The summed E-state index contributed by atoms with van der Waals surface area (Å²) in [6.07, 6.45) is 6.46. The van der Waals surface area contributed by atoms with Crippen LogP contribution in [0.1, 0.15) is 56.9 Å². The Morgan fingerprint density at radius 3 is 2.65 bits per heavy atom. The van der Waals surface area contributed by atoms with Gasteiger partial charge in [0.2, 0.25) is 0 Å². The quantitative estimate of drug-likeness (QED) is 0.592. The van der Waals surface area contributed by atoms with E-state index < -0.39 is 0 Å². The topological polar surface area (TPSA) is 12.0 Å². The highest BCUT2D eigenvalue weighted by molar-refractivity contribution is 9.11. The second-order valence-electron chi connectivity index (χ2n) is 4.23. The minimum Gasteiger partial charge on any atom is -0.310 e. The molecule has 1 N–H and O–H groups in total. The Morgan fingerprint density at radius 1 is 1.35 bits per heavy atom. The molecule has 1 rings (SSSR count). The van der Waals surface area contributed by atoms with E-state index in [0.29, 0.717) is 6.04 Å². The predicted molar refractivity (Wildman–Crippen MR) is 82.2 cm³/mol. The molecule has 0 radical (unpaired) electrons. The first-order valence-electron chi connectivity index (χ1n) is 6.37. The fourth-order valence-electron chi connectivity index (χ4n) is 1.90. The molecule has 0 bridgehead atoms. The van der Waals surface area contributed by atoms with Crippen LogP contribution in [0.15, 0.2) is 9.85 Å². The average molecular weight is 339 g/mol. The molecule has 98 valence electrons. The summed E-state index contributed by atoms with van der Waals surface area (Å²) in [4.78, 5) is 1.35. The summed E-state index contributed by atoms with van der Waals surface area (Å²) in [5.74, 6) is 0. The molecule has 1 atom stereocenters. The van der Waals surface area contributed by atoms with Crippen LogP contribution < -0.4 is 5.32 Å². The highest BCUT2D eigenvalue weighted by Crippen LogP contribution is 2.36. The lowest BCUT2D eigenvalue weighted by Crippen LogP contribution is -2.19. The van der Waals surface area contributed by atoms with Gasteiger partial charge in [-0.25, -0.2) is 0 Å². The maximum Gasteiger partial charge on any atom is 0.0887 e. The van der Waals surface area contributed by atoms with Crippen LogP contribution in [0.3, 0.4) is 0 Å². The fourth-order valence-corrected chi connectivity index (χ4v) is 3.76. The Kier molecular flexibility index (Phi) is 7.76. The van der Waals surface area contributed by atoms with E-state index in [-0.39, 0.29) is 0 Å². The zero-order valence-electron chi connectivity index (χ0n) is 10.6. The standard InChI is InChI=1S/C13H21BrClNS/c1-3-5-6-7-8-11(16-4-2)12-9-10(15)13(14)17-12/h9,11,16H,3-8H2,1-2H3. The van der Waals surface area contributed by atoms with Gasteiger partial charge in [-0.05, 0) is 35.0 Å². The summed E-state index contributed by atoms with van der Waals surface area (Å²) >= 11 is 11.3. The summed E-state index contributed by atoms with van der Waals surface area (Å²) in [5.41, 5.74) is 0. The summed E-state index contributed by atoms with van der Waals surface area (Å²) in [5, 5.41) is 4.38. The lowest BCUT2D eigenvalue weighted by Gasteiger charge is -2.16. The summed E-state index contributed by atoms with van der Waals surface area (Å²) < 4.78 is 1.05. The molecule has 1 aromatic rings. The predicted octanol–water partition coefficient (Wildman–Crippen LogP) is 5.79. The fraction of sp³-hybridized carbons (Fsp3) is 0.692. The molecule has 1 heterocycles. The largest absolute Gasteiger partial charge is 0.310 e. The van der Waals surface area contributed by atoms with E-state index in [2.05, 4.69) is 41.2 Å². The van der Waals surface area contributed by atoms with Crippen molar-refractivity contribution in [2.75, 3.05) is 6.54 Å². The van der Waals surface area contributed by atoms with E-state index in [1.807, 2.05) is 0 Å².